The number of halogens is 5. The van der Waals surface area contributed by atoms with E-state index in [1.54, 1.807) is 4.90 Å². The Kier molecular flexibility index (Phi) is 6.44. The molecule has 0 aliphatic carbocycles. The van der Waals surface area contributed by atoms with Crippen molar-refractivity contribution < 1.29 is 22.3 Å². The maximum atomic E-state index is 13.4. The second-order valence-electron chi connectivity index (χ2n) is 6.42. The molecule has 0 saturated heterocycles. The number of ether oxygens (including phenoxy) is 1. The zero-order chi connectivity index (χ0) is 22.8. The topological polar surface area (TPSA) is 82.9 Å². The van der Waals surface area contributed by atoms with E-state index >= 15 is 0 Å². The van der Waals surface area contributed by atoms with Gasteiger partial charge in [0.1, 0.15) is 22.2 Å². The lowest BCUT2D eigenvalue weighted by atomic mass is 10.0. The molecule has 31 heavy (non-hydrogen) atoms. The Labute approximate surface area is 178 Å². The first-order valence-corrected chi connectivity index (χ1v) is 9.22. The van der Waals surface area contributed by atoms with Crippen LogP contribution >= 0.6 is 11.6 Å². The fourth-order valence-corrected chi connectivity index (χ4v) is 3.29. The predicted octanol–water partition coefficient (Wildman–Crippen LogP) is 3.85. The predicted molar refractivity (Wildman–Crippen MR) is 109 cm³/mol. The summed E-state index contributed by atoms with van der Waals surface area (Å²) in [5.41, 5.74) is -0.642. The summed E-state index contributed by atoms with van der Waals surface area (Å²) in [7, 11) is 1.35. The molecule has 1 N–H and O–H groups in total. The van der Waals surface area contributed by atoms with Crippen LogP contribution in [0.15, 0.2) is 50.4 Å². The minimum Gasteiger partial charge on any atom is -0.438 e. The van der Waals surface area contributed by atoms with E-state index in [-0.39, 0.29) is 23.9 Å². The number of aliphatic imine (C=N–C) groups is 2. The highest BCUT2D eigenvalue weighted by Gasteiger charge is 2.36. The molecular weight excluding hydrogens is 442 g/mol. The Morgan fingerprint density at radius 2 is 2.13 bits per heavy atom. The molecule has 0 amide bonds. The Balaban J connectivity index is 1.94. The number of H-pyrrole nitrogens is 1. The van der Waals surface area contributed by atoms with Gasteiger partial charge in [0, 0.05) is 19.2 Å². The van der Waals surface area contributed by atoms with E-state index in [1.807, 2.05) is 0 Å². The van der Waals surface area contributed by atoms with Crippen molar-refractivity contribution in [3.05, 3.63) is 62.4 Å². The summed E-state index contributed by atoms with van der Waals surface area (Å²) in [6, 6.07) is 2.11. The first-order chi connectivity index (χ1) is 14.7. The third-order valence-electron chi connectivity index (χ3n) is 4.54. The second kappa shape index (κ2) is 8.88. The molecular formula is C19H16ClF4N5O2. The maximum absolute atomic E-state index is 13.4. The lowest BCUT2D eigenvalue weighted by Gasteiger charge is -2.31. The number of aromatic amines is 1. The third-order valence-corrected chi connectivity index (χ3v) is 4.91. The van der Waals surface area contributed by atoms with Gasteiger partial charge >= 0.3 is 6.18 Å². The van der Waals surface area contributed by atoms with Crippen molar-refractivity contribution in [3.8, 4) is 5.75 Å². The van der Waals surface area contributed by atoms with Gasteiger partial charge < -0.3 is 9.64 Å². The fourth-order valence-electron chi connectivity index (χ4n) is 3.08. The number of nitrogens with one attached hydrogen (secondary N) is 1. The summed E-state index contributed by atoms with van der Waals surface area (Å²) >= 11 is 6.05. The Bertz CT molecular complexity index is 1130. The monoisotopic (exact) mass is 457 g/mol. The number of alkyl halides is 3. The van der Waals surface area contributed by atoms with Crippen LogP contribution in [0.2, 0.25) is 5.02 Å². The van der Waals surface area contributed by atoms with Crippen LogP contribution in [0.25, 0.3) is 0 Å². The van der Waals surface area contributed by atoms with Gasteiger partial charge in [-0.05, 0) is 31.3 Å². The van der Waals surface area contributed by atoms with Gasteiger partial charge in [0.25, 0.3) is 5.56 Å². The van der Waals surface area contributed by atoms with Gasteiger partial charge in [-0.2, -0.15) is 18.3 Å². The van der Waals surface area contributed by atoms with Crippen molar-refractivity contribution in [1.29, 1.82) is 0 Å². The number of aromatic nitrogens is 2. The zero-order valence-electron chi connectivity index (χ0n) is 16.1. The standard InChI is InChI=1S/C19H16ClF4N5O2/c1-25-13-9-29(14-8-27-28-17(30)16(14)20)6-5-11(13)18(26-2)31-15-4-3-10(21)7-12(15)19(22,23)24/h3-4,7-8H,1,5-6,9H2,2H3,(H,28,30)/b26-18+. The molecule has 0 atom stereocenters. The smallest absolute Gasteiger partial charge is 0.420 e. The summed E-state index contributed by atoms with van der Waals surface area (Å²) in [6.45, 7) is 3.97. The molecule has 1 aliphatic rings. The number of rotatable bonds is 4. The van der Waals surface area contributed by atoms with Crippen LogP contribution in [0, 0.1) is 5.82 Å². The molecule has 0 spiro atoms. The first kappa shape index (κ1) is 22.5. The normalized spacial score (nSPS) is 15.3. The van der Waals surface area contributed by atoms with Gasteiger partial charge in [-0.15, -0.1) is 0 Å². The summed E-state index contributed by atoms with van der Waals surface area (Å²) in [5.74, 6) is -1.73. The highest BCUT2D eigenvalue weighted by molar-refractivity contribution is 6.33. The molecule has 2 heterocycles. The van der Waals surface area contributed by atoms with Gasteiger partial charge in [-0.3, -0.25) is 14.8 Å². The van der Waals surface area contributed by atoms with Gasteiger partial charge in [-0.25, -0.2) is 9.49 Å². The highest BCUT2D eigenvalue weighted by atomic mass is 35.5. The van der Waals surface area contributed by atoms with Crippen LogP contribution in [-0.4, -0.2) is 42.9 Å². The molecule has 12 heteroatoms. The van der Waals surface area contributed by atoms with E-state index < -0.39 is 28.9 Å². The van der Waals surface area contributed by atoms with Crippen LogP contribution in [0.1, 0.15) is 12.0 Å². The SMILES string of the molecule is C=NC1=C(/C(=N\C)Oc2ccc(F)cc2C(F)(F)F)CCN(c2cn[nH]c(=O)c2Cl)C1. The Hall–Kier alpha value is -3.21. The van der Waals surface area contributed by atoms with E-state index in [0.29, 0.717) is 29.6 Å². The maximum Gasteiger partial charge on any atom is 0.420 e. The number of hydrogen-bond acceptors (Lipinski definition) is 6. The minimum absolute atomic E-state index is 0.0522. The summed E-state index contributed by atoms with van der Waals surface area (Å²) in [4.78, 5) is 21.3. The van der Waals surface area contributed by atoms with E-state index in [0.717, 1.165) is 12.1 Å². The van der Waals surface area contributed by atoms with E-state index in [2.05, 4.69) is 26.9 Å². The lowest BCUT2D eigenvalue weighted by molar-refractivity contribution is -0.138. The van der Waals surface area contributed by atoms with Crippen LogP contribution in [-0.2, 0) is 6.18 Å². The third kappa shape index (κ3) is 4.76. The molecule has 1 aliphatic heterocycles. The van der Waals surface area contributed by atoms with E-state index in [1.165, 1.54) is 13.2 Å². The number of benzene rings is 1. The number of anilines is 1. The molecule has 2 aromatic rings. The van der Waals surface area contributed by atoms with Crippen LogP contribution in [0.4, 0.5) is 23.2 Å². The molecule has 164 valence electrons. The lowest BCUT2D eigenvalue weighted by Crippen LogP contribution is -2.35. The Morgan fingerprint density at radius 3 is 2.77 bits per heavy atom. The largest absolute Gasteiger partial charge is 0.438 e. The molecule has 0 saturated carbocycles. The highest BCUT2D eigenvalue weighted by Crippen LogP contribution is 2.37. The van der Waals surface area contributed by atoms with Crippen molar-refractivity contribution in [2.24, 2.45) is 9.98 Å². The molecule has 1 aromatic carbocycles. The molecule has 7 nitrogen and oxygen atoms in total. The van der Waals surface area contributed by atoms with Crippen molar-refractivity contribution in [2.75, 3.05) is 25.0 Å². The molecule has 1 aromatic heterocycles. The van der Waals surface area contributed by atoms with Gasteiger partial charge in [0.05, 0.1) is 24.1 Å². The zero-order valence-corrected chi connectivity index (χ0v) is 16.9. The quantitative estimate of drug-likeness (QED) is 0.429. The second-order valence-corrected chi connectivity index (χ2v) is 6.80. The van der Waals surface area contributed by atoms with Gasteiger partial charge in [0.15, 0.2) is 0 Å². The van der Waals surface area contributed by atoms with Crippen molar-refractivity contribution in [2.45, 2.75) is 12.6 Å². The first-order valence-electron chi connectivity index (χ1n) is 8.84. The number of nitrogens with zero attached hydrogens (tertiary/aromatic N) is 4. The van der Waals surface area contributed by atoms with E-state index in [4.69, 9.17) is 16.3 Å². The minimum atomic E-state index is -4.82. The summed E-state index contributed by atoms with van der Waals surface area (Å²) in [5, 5.41) is 5.89. The van der Waals surface area contributed by atoms with Gasteiger partial charge in [0.2, 0.25) is 5.90 Å². The fraction of sp³-hybridized carbons (Fsp3) is 0.263. The Morgan fingerprint density at radius 1 is 1.39 bits per heavy atom. The average molecular weight is 458 g/mol. The molecule has 3 rings (SSSR count). The number of hydrogen-bond donors (Lipinski definition) is 1. The summed E-state index contributed by atoms with van der Waals surface area (Å²) in [6.07, 6.45) is -3.18. The van der Waals surface area contributed by atoms with Crippen LogP contribution < -0.4 is 15.2 Å². The average Bonchev–Trinajstić information content (AvgIpc) is 2.74. The van der Waals surface area contributed by atoms with Crippen LogP contribution in [0.5, 0.6) is 5.75 Å². The molecule has 0 unspecified atom stereocenters. The van der Waals surface area contributed by atoms with Crippen LogP contribution in [0.3, 0.4) is 0 Å². The molecule has 0 fully saturated rings. The van der Waals surface area contributed by atoms with Crippen molar-refractivity contribution >= 4 is 29.9 Å². The van der Waals surface area contributed by atoms with Crippen molar-refractivity contribution in [3.63, 3.8) is 0 Å². The summed E-state index contributed by atoms with van der Waals surface area (Å²) < 4.78 is 58.7. The van der Waals surface area contributed by atoms with Crippen molar-refractivity contribution in [1.82, 2.24) is 10.2 Å². The molecule has 0 bridgehead atoms. The van der Waals surface area contributed by atoms with E-state index in [9.17, 15) is 22.4 Å². The molecule has 0 radical (unpaired) electrons. The van der Waals surface area contributed by atoms with Gasteiger partial charge in [-0.1, -0.05) is 11.6 Å².